The van der Waals surface area contributed by atoms with Crippen LogP contribution in [0.1, 0.15) is 47.0 Å². The molecule has 1 N–H and O–H groups in total. The molecule has 1 fully saturated rings. The topological polar surface area (TPSA) is 18.5 Å². The van der Waals surface area contributed by atoms with Crippen LogP contribution in [-0.2, 0) is 0 Å². The number of rotatable bonds is 7. The van der Waals surface area contributed by atoms with E-state index in [1.807, 2.05) is 0 Å². The van der Waals surface area contributed by atoms with Gasteiger partial charge in [-0.1, -0.05) is 20.3 Å². The van der Waals surface area contributed by atoms with E-state index in [1.165, 1.54) is 45.4 Å². The second-order valence-electron chi connectivity index (χ2n) is 5.83. The van der Waals surface area contributed by atoms with Gasteiger partial charge in [-0.05, 0) is 33.7 Å². The van der Waals surface area contributed by atoms with Gasteiger partial charge in [0.25, 0.3) is 0 Å². The minimum Gasteiger partial charge on any atom is -0.315 e. The third kappa shape index (κ3) is 4.22. The molecule has 1 aliphatic rings. The van der Waals surface area contributed by atoms with E-state index in [2.05, 4.69) is 49.9 Å². The predicted molar refractivity (Wildman–Crippen MR) is 80.1 cm³/mol. The largest absolute Gasteiger partial charge is 0.315 e. The summed E-state index contributed by atoms with van der Waals surface area (Å²) in [7, 11) is 2.12. The van der Waals surface area contributed by atoms with Gasteiger partial charge in [-0.25, -0.2) is 0 Å². The molecule has 1 saturated heterocycles. The maximum absolute atomic E-state index is 3.53. The smallest absolute Gasteiger partial charge is 0.0247 e. The first kappa shape index (κ1) is 15.9. The van der Waals surface area contributed by atoms with Crippen molar-refractivity contribution < 1.29 is 0 Å². The summed E-state index contributed by atoms with van der Waals surface area (Å²) in [5.74, 6) is 0. The van der Waals surface area contributed by atoms with Gasteiger partial charge in [0.05, 0.1) is 0 Å². The molecule has 0 spiro atoms. The van der Waals surface area contributed by atoms with Crippen molar-refractivity contribution in [2.45, 2.75) is 65.1 Å². The van der Waals surface area contributed by atoms with Gasteiger partial charge in [0, 0.05) is 44.3 Å². The van der Waals surface area contributed by atoms with Crippen LogP contribution in [0.2, 0.25) is 0 Å². The third-order valence-electron chi connectivity index (χ3n) is 4.40. The standard InChI is InChI=1S/C15H33N3/c1-6-8-14(16-5)15(7-2)18-11-9-17(10-12-18)13(3)4/h13-16H,6-12H2,1-5H3. The fourth-order valence-corrected chi connectivity index (χ4v) is 3.22. The molecule has 1 aliphatic heterocycles. The molecule has 1 heterocycles. The number of likely N-dealkylation sites (N-methyl/N-ethyl adjacent to an activating group) is 1. The first-order valence-corrected chi connectivity index (χ1v) is 7.79. The van der Waals surface area contributed by atoms with Crippen molar-refractivity contribution in [2.24, 2.45) is 0 Å². The van der Waals surface area contributed by atoms with Crippen LogP contribution in [0.3, 0.4) is 0 Å². The van der Waals surface area contributed by atoms with E-state index in [-0.39, 0.29) is 0 Å². The van der Waals surface area contributed by atoms with E-state index in [1.54, 1.807) is 0 Å². The van der Waals surface area contributed by atoms with Crippen LogP contribution in [-0.4, -0.2) is 61.2 Å². The molecule has 0 saturated carbocycles. The lowest BCUT2D eigenvalue weighted by atomic mass is 9.98. The van der Waals surface area contributed by atoms with Crippen molar-refractivity contribution in [1.29, 1.82) is 0 Å². The van der Waals surface area contributed by atoms with Crippen molar-refractivity contribution >= 4 is 0 Å². The van der Waals surface area contributed by atoms with E-state index in [9.17, 15) is 0 Å². The average Bonchev–Trinajstić information content (AvgIpc) is 2.39. The molecular weight excluding hydrogens is 222 g/mol. The Bertz CT molecular complexity index is 210. The van der Waals surface area contributed by atoms with Gasteiger partial charge in [-0.2, -0.15) is 0 Å². The highest BCUT2D eigenvalue weighted by molar-refractivity contribution is 4.86. The van der Waals surface area contributed by atoms with Crippen LogP contribution < -0.4 is 5.32 Å². The van der Waals surface area contributed by atoms with Crippen LogP contribution >= 0.6 is 0 Å². The van der Waals surface area contributed by atoms with Gasteiger partial charge in [-0.3, -0.25) is 9.80 Å². The number of piperazine rings is 1. The second kappa shape index (κ2) is 8.13. The van der Waals surface area contributed by atoms with Crippen molar-refractivity contribution in [1.82, 2.24) is 15.1 Å². The van der Waals surface area contributed by atoms with Crippen molar-refractivity contribution in [3.63, 3.8) is 0 Å². The van der Waals surface area contributed by atoms with Crippen molar-refractivity contribution in [3.8, 4) is 0 Å². The molecule has 1 rings (SSSR count). The molecule has 2 atom stereocenters. The van der Waals surface area contributed by atoms with Gasteiger partial charge >= 0.3 is 0 Å². The molecule has 3 nitrogen and oxygen atoms in total. The Balaban J connectivity index is 2.51. The van der Waals surface area contributed by atoms with Crippen LogP contribution in [0.5, 0.6) is 0 Å². The maximum Gasteiger partial charge on any atom is 0.0247 e. The van der Waals surface area contributed by atoms with Gasteiger partial charge in [0.1, 0.15) is 0 Å². The monoisotopic (exact) mass is 255 g/mol. The van der Waals surface area contributed by atoms with Crippen LogP contribution in [0, 0.1) is 0 Å². The number of nitrogens with zero attached hydrogens (tertiary/aromatic N) is 2. The molecule has 108 valence electrons. The fraction of sp³-hybridized carbons (Fsp3) is 1.00. The summed E-state index contributed by atoms with van der Waals surface area (Å²) < 4.78 is 0. The van der Waals surface area contributed by atoms with E-state index >= 15 is 0 Å². The molecule has 0 aromatic rings. The van der Waals surface area contributed by atoms with Crippen LogP contribution in [0.25, 0.3) is 0 Å². The molecule has 0 amide bonds. The quantitative estimate of drug-likeness (QED) is 0.752. The van der Waals surface area contributed by atoms with Crippen molar-refractivity contribution in [2.75, 3.05) is 33.2 Å². The van der Waals surface area contributed by atoms with Crippen LogP contribution in [0.15, 0.2) is 0 Å². The van der Waals surface area contributed by atoms with Gasteiger partial charge < -0.3 is 5.32 Å². The molecule has 18 heavy (non-hydrogen) atoms. The van der Waals surface area contributed by atoms with Gasteiger partial charge in [0.2, 0.25) is 0 Å². The van der Waals surface area contributed by atoms with Crippen molar-refractivity contribution in [3.05, 3.63) is 0 Å². The van der Waals surface area contributed by atoms with Crippen LogP contribution in [0.4, 0.5) is 0 Å². The maximum atomic E-state index is 3.53. The normalized spacial score (nSPS) is 22.3. The Morgan fingerprint density at radius 3 is 1.94 bits per heavy atom. The molecular formula is C15H33N3. The zero-order chi connectivity index (χ0) is 13.5. The summed E-state index contributed by atoms with van der Waals surface area (Å²) in [6, 6.07) is 2.07. The molecule has 0 bridgehead atoms. The Kier molecular flexibility index (Phi) is 7.20. The lowest BCUT2D eigenvalue weighted by Crippen LogP contribution is -2.56. The van der Waals surface area contributed by atoms with E-state index in [0.29, 0.717) is 18.1 Å². The van der Waals surface area contributed by atoms with Gasteiger partial charge in [0.15, 0.2) is 0 Å². The SMILES string of the molecule is CCCC(NC)C(CC)N1CCN(C(C)C)CC1. The predicted octanol–water partition coefficient (Wildman–Crippen LogP) is 2.18. The highest BCUT2D eigenvalue weighted by Gasteiger charge is 2.28. The van der Waals surface area contributed by atoms with E-state index in [4.69, 9.17) is 0 Å². The van der Waals surface area contributed by atoms with E-state index in [0.717, 1.165) is 0 Å². The fourth-order valence-electron chi connectivity index (χ4n) is 3.22. The number of hydrogen-bond donors (Lipinski definition) is 1. The Morgan fingerprint density at radius 1 is 1.00 bits per heavy atom. The highest BCUT2D eigenvalue weighted by atomic mass is 15.3. The molecule has 3 heteroatoms. The summed E-state index contributed by atoms with van der Waals surface area (Å²) in [4.78, 5) is 5.30. The molecule has 0 radical (unpaired) electrons. The first-order chi connectivity index (χ1) is 8.63. The number of nitrogens with one attached hydrogen (secondary N) is 1. The van der Waals surface area contributed by atoms with E-state index < -0.39 is 0 Å². The summed E-state index contributed by atoms with van der Waals surface area (Å²) >= 11 is 0. The zero-order valence-electron chi connectivity index (χ0n) is 13.1. The molecule has 0 aliphatic carbocycles. The molecule has 0 aromatic heterocycles. The lowest BCUT2D eigenvalue weighted by Gasteiger charge is -2.43. The minimum atomic E-state index is 0.658. The molecule has 2 unspecified atom stereocenters. The Morgan fingerprint density at radius 2 is 1.56 bits per heavy atom. The number of hydrogen-bond acceptors (Lipinski definition) is 3. The summed E-state index contributed by atoms with van der Waals surface area (Å²) in [6.45, 7) is 14.2. The zero-order valence-corrected chi connectivity index (χ0v) is 13.1. The summed E-state index contributed by atoms with van der Waals surface area (Å²) in [6.07, 6.45) is 3.82. The summed E-state index contributed by atoms with van der Waals surface area (Å²) in [5.41, 5.74) is 0. The van der Waals surface area contributed by atoms with Gasteiger partial charge in [-0.15, -0.1) is 0 Å². The Labute approximate surface area is 114 Å². The average molecular weight is 255 g/mol. The first-order valence-electron chi connectivity index (χ1n) is 7.79. The Hall–Kier alpha value is -0.120. The minimum absolute atomic E-state index is 0.658. The third-order valence-corrected chi connectivity index (χ3v) is 4.40. The highest BCUT2D eigenvalue weighted by Crippen LogP contribution is 2.16. The molecule has 0 aromatic carbocycles. The summed E-state index contributed by atoms with van der Waals surface area (Å²) in [5, 5.41) is 3.53. The lowest BCUT2D eigenvalue weighted by molar-refractivity contribution is 0.0615. The second-order valence-corrected chi connectivity index (χ2v) is 5.83.